The fourth-order valence-corrected chi connectivity index (χ4v) is 4.16. The molecule has 0 fully saturated rings. The van der Waals surface area contributed by atoms with E-state index in [1.54, 1.807) is 7.11 Å². The highest BCUT2D eigenvalue weighted by Crippen LogP contribution is 2.29. The van der Waals surface area contributed by atoms with Crippen LogP contribution in [0.5, 0.6) is 17.2 Å². The van der Waals surface area contributed by atoms with Crippen LogP contribution in [-0.4, -0.2) is 23.3 Å². The lowest BCUT2D eigenvalue weighted by atomic mass is 10.0. The van der Waals surface area contributed by atoms with Crippen molar-refractivity contribution in [2.75, 3.05) is 13.7 Å². The van der Waals surface area contributed by atoms with Gasteiger partial charge < -0.3 is 18.8 Å². The Morgan fingerprint density at radius 2 is 1.62 bits per heavy atom. The van der Waals surface area contributed by atoms with E-state index in [1.807, 2.05) is 36.4 Å². The molecule has 4 rings (SSSR count). The van der Waals surface area contributed by atoms with Crippen LogP contribution in [0.1, 0.15) is 49.6 Å². The Kier molecular flexibility index (Phi) is 7.73. The second kappa shape index (κ2) is 11.1. The smallest absolute Gasteiger partial charge is 0.161 e. The normalized spacial score (nSPS) is 11.2. The molecule has 4 aromatic rings. The molecule has 0 spiro atoms. The summed E-state index contributed by atoms with van der Waals surface area (Å²) < 4.78 is 19.9. The molecule has 0 amide bonds. The van der Waals surface area contributed by atoms with Gasteiger partial charge in [-0.05, 0) is 67.1 Å². The summed E-state index contributed by atoms with van der Waals surface area (Å²) in [5.74, 6) is 3.80. The van der Waals surface area contributed by atoms with Crippen LogP contribution in [0, 0.1) is 6.92 Å². The van der Waals surface area contributed by atoms with Crippen LogP contribution in [-0.2, 0) is 13.2 Å². The molecular formula is C29H34N2O3. The van der Waals surface area contributed by atoms with E-state index >= 15 is 0 Å². The molecule has 5 nitrogen and oxygen atoms in total. The summed E-state index contributed by atoms with van der Waals surface area (Å²) in [5, 5.41) is 0. The molecule has 0 saturated carbocycles. The van der Waals surface area contributed by atoms with Gasteiger partial charge in [0, 0.05) is 6.54 Å². The highest BCUT2D eigenvalue weighted by atomic mass is 16.5. The highest BCUT2D eigenvalue weighted by Gasteiger charge is 2.13. The lowest BCUT2D eigenvalue weighted by Crippen LogP contribution is -2.09. The van der Waals surface area contributed by atoms with Crippen LogP contribution in [0.25, 0.3) is 11.0 Å². The molecule has 5 heteroatoms. The molecular weight excluding hydrogens is 424 g/mol. The monoisotopic (exact) mass is 458 g/mol. The quantitative estimate of drug-likeness (QED) is 0.229. The third-order valence-electron chi connectivity index (χ3n) is 5.98. The first-order valence-corrected chi connectivity index (χ1v) is 12.0. The van der Waals surface area contributed by atoms with Crippen molar-refractivity contribution in [1.29, 1.82) is 0 Å². The summed E-state index contributed by atoms with van der Waals surface area (Å²) >= 11 is 0. The zero-order valence-corrected chi connectivity index (χ0v) is 20.6. The first kappa shape index (κ1) is 23.7. The fourth-order valence-electron chi connectivity index (χ4n) is 4.16. The molecule has 1 aromatic heterocycles. The molecule has 178 valence electrons. The number of benzene rings is 3. The van der Waals surface area contributed by atoms with E-state index in [0.717, 1.165) is 53.5 Å². The Hall–Kier alpha value is -3.47. The van der Waals surface area contributed by atoms with Crippen molar-refractivity contribution in [3.05, 3.63) is 83.7 Å². The molecule has 0 unspecified atom stereocenters. The maximum Gasteiger partial charge on any atom is 0.161 e. The van der Waals surface area contributed by atoms with Crippen molar-refractivity contribution in [3.63, 3.8) is 0 Å². The van der Waals surface area contributed by atoms with Gasteiger partial charge in [0.05, 0.1) is 24.8 Å². The maximum absolute atomic E-state index is 6.18. The summed E-state index contributed by atoms with van der Waals surface area (Å²) in [6.45, 7) is 8.46. The Morgan fingerprint density at radius 3 is 2.41 bits per heavy atom. The molecule has 0 N–H and O–H groups in total. The molecule has 0 aliphatic rings. The number of rotatable bonds is 11. The van der Waals surface area contributed by atoms with Gasteiger partial charge in [-0.2, -0.15) is 0 Å². The van der Waals surface area contributed by atoms with Gasteiger partial charge in [0.2, 0.25) is 0 Å². The maximum atomic E-state index is 6.18. The van der Waals surface area contributed by atoms with Crippen LogP contribution in [0.15, 0.2) is 66.7 Å². The molecule has 3 aromatic carbocycles. The Balaban J connectivity index is 1.40. The highest BCUT2D eigenvalue weighted by molar-refractivity contribution is 5.75. The summed E-state index contributed by atoms with van der Waals surface area (Å²) in [5.41, 5.74) is 4.60. The average molecular weight is 459 g/mol. The molecule has 0 radical (unpaired) electrons. The number of methoxy groups -OCH3 is 1. The standard InChI is InChI=1S/C29H34N2O3/c1-21(2)23-16-15-22(3)19-28(23)33-18-10-9-17-31-25-12-6-5-11-24(25)30-29(31)20-34-27-14-8-7-13-26(27)32-4/h5-8,11-16,19,21H,9-10,17-18,20H2,1-4H3. The number of unbranched alkanes of at least 4 members (excludes halogenated alkanes) is 1. The van der Waals surface area contributed by atoms with Gasteiger partial charge in [-0.15, -0.1) is 0 Å². The number of aryl methyl sites for hydroxylation is 2. The lowest BCUT2D eigenvalue weighted by Gasteiger charge is -2.15. The van der Waals surface area contributed by atoms with Crippen molar-refractivity contribution >= 4 is 11.0 Å². The van der Waals surface area contributed by atoms with Crippen LogP contribution in [0.4, 0.5) is 0 Å². The molecule has 0 atom stereocenters. The minimum absolute atomic E-state index is 0.382. The predicted molar refractivity (Wildman–Crippen MR) is 137 cm³/mol. The van der Waals surface area contributed by atoms with Crippen LogP contribution in [0.3, 0.4) is 0 Å². The van der Waals surface area contributed by atoms with Crippen LogP contribution in [0.2, 0.25) is 0 Å². The minimum atomic E-state index is 0.382. The fraction of sp³-hybridized carbons (Fsp3) is 0.345. The lowest BCUT2D eigenvalue weighted by molar-refractivity contribution is 0.269. The zero-order chi connectivity index (χ0) is 23.9. The SMILES string of the molecule is COc1ccccc1OCc1nc2ccccc2n1CCCCOc1cc(C)ccc1C(C)C. The number of nitrogens with zero attached hydrogens (tertiary/aromatic N) is 2. The number of hydrogen-bond donors (Lipinski definition) is 0. The number of para-hydroxylation sites is 4. The van der Waals surface area contributed by atoms with Crippen molar-refractivity contribution in [3.8, 4) is 17.2 Å². The average Bonchev–Trinajstić information content (AvgIpc) is 3.20. The van der Waals surface area contributed by atoms with E-state index in [4.69, 9.17) is 19.2 Å². The second-order valence-electron chi connectivity index (χ2n) is 8.86. The van der Waals surface area contributed by atoms with E-state index in [2.05, 4.69) is 55.7 Å². The van der Waals surface area contributed by atoms with E-state index in [9.17, 15) is 0 Å². The Morgan fingerprint density at radius 1 is 0.853 bits per heavy atom. The van der Waals surface area contributed by atoms with Crippen LogP contribution < -0.4 is 14.2 Å². The van der Waals surface area contributed by atoms with E-state index in [-0.39, 0.29) is 0 Å². The van der Waals surface area contributed by atoms with Gasteiger partial charge in [-0.25, -0.2) is 4.98 Å². The first-order valence-electron chi connectivity index (χ1n) is 12.0. The third kappa shape index (κ3) is 5.53. The van der Waals surface area contributed by atoms with Gasteiger partial charge >= 0.3 is 0 Å². The number of aromatic nitrogens is 2. The second-order valence-corrected chi connectivity index (χ2v) is 8.86. The number of hydrogen-bond acceptors (Lipinski definition) is 4. The van der Waals surface area contributed by atoms with E-state index < -0.39 is 0 Å². The largest absolute Gasteiger partial charge is 0.493 e. The number of ether oxygens (including phenoxy) is 3. The minimum Gasteiger partial charge on any atom is -0.493 e. The summed E-state index contributed by atoms with van der Waals surface area (Å²) in [6.07, 6.45) is 1.95. The topological polar surface area (TPSA) is 45.5 Å². The number of imidazole rings is 1. The van der Waals surface area contributed by atoms with Crippen molar-refractivity contribution in [2.45, 2.75) is 52.7 Å². The Bertz CT molecular complexity index is 1230. The molecule has 0 saturated heterocycles. The summed E-state index contributed by atoms with van der Waals surface area (Å²) in [4.78, 5) is 4.84. The van der Waals surface area contributed by atoms with Crippen molar-refractivity contribution in [2.24, 2.45) is 0 Å². The number of fused-ring (bicyclic) bond motifs is 1. The van der Waals surface area contributed by atoms with Gasteiger partial charge in [-0.1, -0.05) is 50.2 Å². The van der Waals surface area contributed by atoms with Gasteiger partial charge in [0.15, 0.2) is 11.5 Å². The Labute approximate surface area is 202 Å². The van der Waals surface area contributed by atoms with Crippen molar-refractivity contribution < 1.29 is 14.2 Å². The molecule has 1 heterocycles. The molecule has 0 aliphatic carbocycles. The predicted octanol–water partition coefficient (Wildman–Crippen LogP) is 6.91. The van der Waals surface area contributed by atoms with Gasteiger partial charge in [0.1, 0.15) is 18.2 Å². The van der Waals surface area contributed by atoms with Gasteiger partial charge in [0.25, 0.3) is 0 Å². The third-order valence-corrected chi connectivity index (χ3v) is 5.98. The van der Waals surface area contributed by atoms with Gasteiger partial charge in [-0.3, -0.25) is 0 Å². The van der Waals surface area contributed by atoms with E-state index in [0.29, 0.717) is 19.1 Å². The summed E-state index contributed by atoms with van der Waals surface area (Å²) in [6, 6.07) is 22.4. The molecule has 0 bridgehead atoms. The van der Waals surface area contributed by atoms with Crippen LogP contribution >= 0.6 is 0 Å². The van der Waals surface area contributed by atoms with Crippen molar-refractivity contribution in [1.82, 2.24) is 9.55 Å². The van der Waals surface area contributed by atoms with E-state index in [1.165, 1.54) is 11.1 Å². The summed E-state index contributed by atoms with van der Waals surface area (Å²) in [7, 11) is 1.65. The first-order chi connectivity index (χ1) is 16.6. The molecule has 0 aliphatic heterocycles. The zero-order valence-electron chi connectivity index (χ0n) is 20.6. The molecule has 34 heavy (non-hydrogen) atoms.